The minimum atomic E-state index is -0.941. The van der Waals surface area contributed by atoms with Crippen molar-refractivity contribution in [3.8, 4) is 0 Å². The molecule has 1 amide bonds. The molecule has 25 heavy (non-hydrogen) atoms. The summed E-state index contributed by atoms with van der Waals surface area (Å²) in [4.78, 5) is 23.3. The molecule has 0 aromatic carbocycles. The Hall–Kier alpha value is -2.50. The highest BCUT2D eigenvalue weighted by molar-refractivity contribution is 7.71. The number of quaternary nitrogens is 1. The number of hydroxylamine groups is 2. The quantitative estimate of drug-likeness (QED) is 0.475. The molecule has 2 aromatic heterocycles. The molecule has 0 radical (unpaired) electrons. The third-order valence-electron chi connectivity index (χ3n) is 3.30. The number of hydrogen-bond acceptors (Lipinski definition) is 7. The number of aromatic nitrogens is 3. The van der Waals surface area contributed by atoms with E-state index in [9.17, 15) is 10.0 Å². The molecule has 2 aromatic rings. The third-order valence-corrected chi connectivity index (χ3v) is 4.18. The van der Waals surface area contributed by atoms with Gasteiger partial charge in [0.05, 0.1) is 5.69 Å². The molecule has 8 nitrogen and oxygen atoms in total. The van der Waals surface area contributed by atoms with E-state index in [2.05, 4.69) is 20.3 Å². The lowest BCUT2D eigenvalue weighted by molar-refractivity contribution is -1.06. The van der Waals surface area contributed by atoms with Crippen LogP contribution in [0.4, 0.5) is 5.13 Å². The number of allylic oxidation sites excluding steroid dienone is 4. The van der Waals surface area contributed by atoms with E-state index in [-0.39, 0.29) is 16.4 Å². The van der Waals surface area contributed by atoms with Gasteiger partial charge in [-0.15, -0.1) is 11.3 Å². The summed E-state index contributed by atoms with van der Waals surface area (Å²) < 4.78 is 0.152. The van der Waals surface area contributed by atoms with Gasteiger partial charge in [0.15, 0.2) is 15.9 Å². The first-order valence-electron chi connectivity index (χ1n) is 7.15. The van der Waals surface area contributed by atoms with Gasteiger partial charge in [0.2, 0.25) is 0 Å². The summed E-state index contributed by atoms with van der Waals surface area (Å²) in [5, 5.41) is 24.1. The Bertz CT molecular complexity index is 915. The van der Waals surface area contributed by atoms with Gasteiger partial charge in [-0.05, 0) is 30.4 Å². The first-order chi connectivity index (χ1) is 12.0. The van der Waals surface area contributed by atoms with Crippen molar-refractivity contribution >= 4 is 40.2 Å². The number of carbonyl (C=O) groups is 1. The summed E-state index contributed by atoms with van der Waals surface area (Å²) >= 11 is 6.40. The highest BCUT2D eigenvalue weighted by atomic mass is 32.1. The van der Waals surface area contributed by atoms with Gasteiger partial charge < -0.3 is 10.2 Å². The van der Waals surface area contributed by atoms with Gasteiger partial charge in [-0.3, -0.25) is 10.1 Å². The zero-order valence-electron chi connectivity index (χ0n) is 12.7. The fourth-order valence-corrected chi connectivity index (χ4v) is 2.85. The van der Waals surface area contributed by atoms with E-state index in [0.717, 1.165) is 0 Å². The molecule has 0 spiro atoms. The van der Waals surface area contributed by atoms with Crippen molar-refractivity contribution in [1.82, 2.24) is 15.0 Å². The maximum absolute atomic E-state index is 12.3. The second-order valence-corrected chi connectivity index (χ2v) is 6.29. The number of thiazole rings is 1. The van der Waals surface area contributed by atoms with E-state index < -0.39 is 11.3 Å². The third kappa shape index (κ3) is 4.32. The number of nitrogens with zero attached hydrogens (tertiary/aromatic N) is 2. The highest BCUT2D eigenvalue weighted by Gasteiger charge is 2.13. The summed E-state index contributed by atoms with van der Waals surface area (Å²) in [6.45, 7) is 0. The van der Waals surface area contributed by atoms with Crippen LogP contribution in [0.1, 0.15) is 16.2 Å². The van der Waals surface area contributed by atoms with Gasteiger partial charge in [-0.1, -0.05) is 18.2 Å². The van der Waals surface area contributed by atoms with E-state index in [1.807, 2.05) is 0 Å². The van der Waals surface area contributed by atoms with Crippen LogP contribution in [0.15, 0.2) is 48.0 Å². The lowest BCUT2D eigenvalue weighted by Gasteiger charge is -2.17. The van der Waals surface area contributed by atoms with E-state index in [1.54, 1.807) is 48.0 Å². The molecule has 10 heteroatoms. The van der Waals surface area contributed by atoms with Crippen molar-refractivity contribution in [3.63, 3.8) is 0 Å². The Kier molecular flexibility index (Phi) is 5.26. The predicted molar refractivity (Wildman–Crippen MR) is 95.7 cm³/mol. The molecule has 4 N–H and O–H groups in total. The molecule has 0 saturated heterocycles. The maximum Gasteiger partial charge on any atom is 0.274 e. The average Bonchev–Trinajstić information content (AvgIpc) is 2.95. The fraction of sp³-hybridized carbons (Fsp3) is 0.0667. The van der Waals surface area contributed by atoms with Gasteiger partial charge in [-0.2, -0.15) is 0 Å². The van der Waals surface area contributed by atoms with Crippen molar-refractivity contribution < 1.29 is 15.2 Å². The van der Waals surface area contributed by atoms with Crippen molar-refractivity contribution in [3.05, 3.63) is 69.4 Å². The van der Waals surface area contributed by atoms with Crippen LogP contribution in [0.25, 0.3) is 5.57 Å². The lowest BCUT2D eigenvalue weighted by atomic mass is 10.1. The molecular formula is C15H13N5O3S2. The molecule has 0 aliphatic heterocycles. The largest absolute Gasteiger partial charge is 0.599 e. The smallest absolute Gasteiger partial charge is 0.274 e. The summed E-state index contributed by atoms with van der Waals surface area (Å²) in [7, 11) is 0. The van der Waals surface area contributed by atoms with Crippen LogP contribution in [0, 0.1) is 9.98 Å². The lowest BCUT2D eigenvalue weighted by Crippen LogP contribution is -3.08. The first-order valence-corrected chi connectivity index (χ1v) is 8.44. The van der Waals surface area contributed by atoms with Crippen LogP contribution in [-0.4, -0.2) is 32.1 Å². The highest BCUT2D eigenvalue weighted by Crippen LogP contribution is 2.18. The minimum Gasteiger partial charge on any atom is -0.599 e. The van der Waals surface area contributed by atoms with Crippen LogP contribution in [0.3, 0.4) is 0 Å². The fourth-order valence-electron chi connectivity index (χ4n) is 2.12. The molecular weight excluding hydrogens is 362 g/mol. The van der Waals surface area contributed by atoms with Crippen LogP contribution in [0.2, 0.25) is 0 Å². The Balaban J connectivity index is 1.88. The molecule has 2 unspecified atom stereocenters. The number of H-pyrrole nitrogens is 1. The number of nitrogens with one attached hydrogen (secondary N) is 3. The summed E-state index contributed by atoms with van der Waals surface area (Å²) in [5.74, 6) is -0.387. The molecule has 0 bridgehead atoms. The Morgan fingerprint density at radius 2 is 2.32 bits per heavy atom. The van der Waals surface area contributed by atoms with E-state index in [1.165, 1.54) is 11.3 Å². The maximum atomic E-state index is 12.3. The van der Waals surface area contributed by atoms with Crippen molar-refractivity contribution in [2.75, 3.05) is 5.32 Å². The van der Waals surface area contributed by atoms with Gasteiger partial charge in [-0.25, -0.2) is 20.4 Å². The van der Waals surface area contributed by atoms with Gasteiger partial charge in [0.1, 0.15) is 5.69 Å². The Morgan fingerprint density at radius 1 is 1.48 bits per heavy atom. The van der Waals surface area contributed by atoms with E-state index >= 15 is 0 Å². The summed E-state index contributed by atoms with van der Waals surface area (Å²) in [6, 6.07) is 0.851. The Labute approximate surface area is 151 Å². The zero-order chi connectivity index (χ0) is 17.8. The monoisotopic (exact) mass is 375 g/mol. The molecule has 1 aliphatic rings. The van der Waals surface area contributed by atoms with Crippen LogP contribution >= 0.6 is 23.6 Å². The second kappa shape index (κ2) is 7.59. The molecule has 128 valence electrons. The number of rotatable bonds is 4. The number of carbonyl (C=O) groups excluding carboxylic acids is 1. The van der Waals surface area contributed by atoms with Crippen molar-refractivity contribution in [1.29, 1.82) is 0 Å². The zero-order valence-corrected chi connectivity index (χ0v) is 14.3. The van der Waals surface area contributed by atoms with Crippen LogP contribution in [-0.2, 0) is 0 Å². The molecule has 1 aliphatic carbocycles. The predicted octanol–water partition coefficient (Wildman–Crippen LogP) is 1.50. The van der Waals surface area contributed by atoms with E-state index in [4.69, 9.17) is 17.4 Å². The molecule has 2 atom stereocenters. The van der Waals surface area contributed by atoms with E-state index in [0.29, 0.717) is 16.4 Å². The molecule has 0 saturated carbocycles. The first kappa shape index (κ1) is 17.3. The number of amides is 1. The standard InChI is InChI=1S/C15H13N5O3S2/c21-13(19-15-16-6-7-25-15)12-8-11(17-14(24)18-12)9-2-1-3-10(5-4-9)20(22)23/h1-8,10,20,22H,(H,16,19,21)(H,17,18,24). The number of hydrogen-bond donors (Lipinski definition) is 4. The second-order valence-electron chi connectivity index (χ2n) is 5.01. The molecule has 0 fully saturated rings. The van der Waals surface area contributed by atoms with Crippen LogP contribution in [0.5, 0.6) is 0 Å². The van der Waals surface area contributed by atoms with Crippen LogP contribution < -0.4 is 10.5 Å². The normalized spacial score (nSPS) is 17.7. The summed E-state index contributed by atoms with van der Waals surface area (Å²) in [6.07, 6.45) is 9.72. The Morgan fingerprint density at radius 3 is 3.04 bits per heavy atom. The van der Waals surface area contributed by atoms with Gasteiger partial charge in [0.25, 0.3) is 5.91 Å². The SMILES string of the molecule is O=C(Nc1nccs1)c1cc(C2=CC=CC([NH+]([O-])O)C=C2)nc(=S)[nH]1. The van der Waals surface area contributed by atoms with Crippen molar-refractivity contribution in [2.24, 2.45) is 0 Å². The topological polar surface area (TPSA) is 118 Å². The number of aromatic amines is 1. The number of anilines is 1. The average molecular weight is 375 g/mol. The molecule has 3 rings (SSSR count). The minimum absolute atomic E-state index is 0.152. The van der Waals surface area contributed by atoms with Gasteiger partial charge >= 0.3 is 0 Å². The van der Waals surface area contributed by atoms with Crippen molar-refractivity contribution in [2.45, 2.75) is 6.04 Å². The van der Waals surface area contributed by atoms with Gasteiger partial charge in [0, 0.05) is 17.2 Å². The molecule has 2 heterocycles. The summed E-state index contributed by atoms with van der Waals surface area (Å²) in [5.41, 5.74) is 1.37.